The van der Waals surface area contributed by atoms with Crippen LogP contribution in [0.5, 0.6) is 0 Å². The van der Waals surface area contributed by atoms with Gasteiger partial charge in [-0.15, -0.1) is 0 Å². The number of benzene rings is 1. The molecule has 4 heteroatoms. The maximum atomic E-state index is 10.3. The number of aliphatic hydroxyl groups is 1. The Kier molecular flexibility index (Phi) is 4.74. The zero-order valence-electron chi connectivity index (χ0n) is 13.7. The Morgan fingerprint density at radius 1 is 1.00 bits per heavy atom. The molecule has 0 aliphatic rings. The van der Waals surface area contributed by atoms with Gasteiger partial charge in [0.25, 0.3) is 0 Å². The molecule has 1 aromatic rings. The lowest BCUT2D eigenvalue weighted by Gasteiger charge is -2.38. The van der Waals surface area contributed by atoms with Crippen molar-refractivity contribution in [1.29, 1.82) is 0 Å². The largest absolute Gasteiger partial charge is 0.491 e. The first-order chi connectivity index (χ1) is 8.84. The molecule has 112 valence electrons. The maximum Gasteiger partial charge on any atom is 0.491 e. The second kappa shape index (κ2) is 5.51. The van der Waals surface area contributed by atoms with E-state index >= 15 is 0 Å². The van der Waals surface area contributed by atoms with Crippen molar-refractivity contribution in [2.24, 2.45) is 0 Å². The lowest BCUT2D eigenvalue weighted by molar-refractivity contribution is -0.0982. The lowest BCUT2D eigenvalue weighted by atomic mass is 9.74. The van der Waals surface area contributed by atoms with Crippen LogP contribution in [0.1, 0.15) is 54.0 Å². The Bertz CT molecular complexity index is 456. The van der Waals surface area contributed by atoms with Crippen molar-refractivity contribution in [1.82, 2.24) is 0 Å². The standard InChI is InChI=1S/C16H27BO3/c1-14(2,3)12-9-8-10-13(11-12)17(19)20-16(6,7)15(4,5)18/h8-11,18-19H,1-7H3. The summed E-state index contributed by atoms with van der Waals surface area (Å²) in [6, 6.07) is 7.74. The quantitative estimate of drug-likeness (QED) is 0.830. The van der Waals surface area contributed by atoms with Crippen LogP contribution in [-0.4, -0.2) is 28.5 Å². The zero-order chi connectivity index (χ0) is 15.8. The highest BCUT2D eigenvalue weighted by atomic mass is 16.5. The molecule has 0 saturated carbocycles. The highest BCUT2D eigenvalue weighted by molar-refractivity contribution is 6.60. The summed E-state index contributed by atoms with van der Waals surface area (Å²) in [7, 11) is -1.06. The summed E-state index contributed by atoms with van der Waals surface area (Å²) in [5.41, 5.74) is -0.0465. The van der Waals surface area contributed by atoms with Crippen molar-refractivity contribution in [3.05, 3.63) is 29.8 Å². The Morgan fingerprint density at radius 2 is 1.55 bits per heavy atom. The van der Waals surface area contributed by atoms with Gasteiger partial charge in [0, 0.05) is 0 Å². The van der Waals surface area contributed by atoms with Crippen LogP contribution in [0.25, 0.3) is 0 Å². The van der Waals surface area contributed by atoms with Crippen LogP contribution >= 0.6 is 0 Å². The van der Waals surface area contributed by atoms with E-state index in [0.29, 0.717) is 5.46 Å². The summed E-state index contributed by atoms with van der Waals surface area (Å²) < 4.78 is 5.66. The molecule has 0 saturated heterocycles. The molecule has 1 rings (SSSR count). The first-order valence-corrected chi connectivity index (χ1v) is 7.03. The second-order valence-corrected chi connectivity index (χ2v) is 7.42. The van der Waals surface area contributed by atoms with Gasteiger partial charge < -0.3 is 14.8 Å². The molecule has 0 radical (unpaired) electrons. The van der Waals surface area contributed by atoms with E-state index in [1.165, 1.54) is 0 Å². The van der Waals surface area contributed by atoms with Gasteiger partial charge in [0.15, 0.2) is 0 Å². The van der Waals surface area contributed by atoms with Crippen LogP contribution < -0.4 is 5.46 Å². The fraction of sp³-hybridized carbons (Fsp3) is 0.625. The van der Waals surface area contributed by atoms with E-state index in [9.17, 15) is 10.1 Å². The van der Waals surface area contributed by atoms with Gasteiger partial charge in [0.05, 0.1) is 11.2 Å². The van der Waals surface area contributed by atoms with Crippen LogP contribution in [0, 0.1) is 0 Å². The number of rotatable bonds is 4. The van der Waals surface area contributed by atoms with Gasteiger partial charge in [-0.2, -0.15) is 0 Å². The molecule has 0 aromatic heterocycles. The molecule has 0 bridgehead atoms. The number of hydrogen-bond donors (Lipinski definition) is 2. The van der Waals surface area contributed by atoms with Gasteiger partial charge in [-0.1, -0.05) is 45.0 Å². The summed E-state index contributed by atoms with van der Waals surface area (Å²) in [6.45, 7) is 13.3. The second-order valence-electron chi connectivity index (χ2n) is 7.42. The van der Waals surface area contributed by atoms with Gasteiger partial charge in [0.1, 0.15) is 0 Å². The molecule has 0 aliphatic carbocycles. The highest BCUT2D eigenvalue weighted by Crippen LogP contribution is 2.26. The Labute approximate surface area is 123 Å². The van der Waals surface area contributed by atoms with E-state index in [-0.39, 0.29) is 5.41 Å². The van der Waals surface area contributed by atoms with Gasteiger partial charge in [-0.25, -0.2) is 0 Å². The molecule has 0 aliphatic heterocycles. The predicted octanol–water partition coefficient (Wildman–Crippen LogP) is 2.24. The summed E-state index contributed by atoms with van der Waals surface area (Å²) in [5.74, 6) is 0. The van der Waals surface area contributed by atoms with E-state index < -0.39 is 18.3 Å². The van der Waals surface area contributed by atoms with E-state index in [4.69, 9.17) is 4.65 Å². The maximum absolute atomic E-state index is 10.3. The van der Waals surface area contributed by atoms with E-state index in [2.05, 4.69) is 20.8 Å². The van der Waals surface area contributed by atoms with E-state index in [0.717, 1.165) is 5.56 Å². The Balaban J connectivity index is 2.97. The molecule has 0 amide bonds. The molecule has 3 nitrogen and oxygen atoms in total. The van der Waals surface area contributed by atoms with Crippen molar-refractivity contribution in [3.63, 3.8) is 0 Å². The van der Waals surface area contributed by atoms with Crippen LogP contribution in [0.3, 0.4) is 0 Å². The first-order valence-electron chi connectivity index (χ1n) is 7.03. The minimum atomic E-state index is -1.06. The fourth-order valence-corrected chi connectivity index (χ4v) is 1.65. The molecule has 0 fully saturated rings. The topological polar surface area (TPSA) is 49.7 Å². The van der Waals surface area contributed by atoms with Gasteiger partial charge in [-0.05, 0) is 44.1 Å². The molecular formula is C16H27BO3. The molecule has 20 heavy (non-hydrogen) atoms. The van der Waals surface area contributed by atoms with E-state index in [1.807, 2.05) is 24.3 Å². The van der Waals surface area contributed by atoms with Crippen LogP contribution in [0.2, 0.25) is 0 Å². The minimum absolute atomic E-state index is 0.0154. The molecule has 0 unspecified atom stereocenters. The van der Waals surface area contributed by atoms with Gasteiger partial charge in [0.2, 0.25) is 0 Å². The minimum Gasteiger partial charge on any atom is -0.423 e. The van der Waals surface area contributed by atoms with Crippen molar-refractivity contribution < 1.29 is 14.8 Å². The summed E-state index contributed by atoms with van der Waals surface area (Å²) in [6.07, 6.45) is 0. The summed E-state index contributed by atoms with van der Waals surface area (Å²) in [4.78, 5) is 0. The SMILES string of the molecule is CC(C)(C)c1cccc(B(O)OC(C)(C)C(C)(C)O)c1. The third-order valence-corrected chi connectivity index (χ3v) is 3.92. The molecule has 1 aromatic carbocycles. The average Bonchev–Trinajstić information content (AvgIpc) is 2.26. The normalized spacial score (nSPS) is 13.4. The van der Waals surface area contributed by atoms with Crippen LogP contribution in [0.15, 0.2) is 24.3 Å². The molecule has 0 atom stereocenters. The van der Waals surface area contributed by atoms with Crippen molar-refractivity contribution in [2.75, 3.05) is 0 Å². The smallest absolute Gasteiger partial charge is 0.423 e. The summed E-state index contributed by atoms with van der Waals surface area (Å²) in [5, 5.41) is 20.4. The monoisotopic (exact) mass is 278 g/mol. The van der Waals surface area contributed by atoms with Gasteiger partial charge >= 0.3 is 7.12 Å². The number of hydrogen-bond acceptors (Lipinski definition) is 3. The Hall–Kier alpha value is -0.835. The third-order valence-electron chi connectivity index (χ3n) is 3.92. The van der Waals surface area contributed by atoms with Crippen LogP contribution in [0.4, 0.5) is 0 Å². The highest BCUT2D eigenvalue weighted by Gasteiger charge is 2.39. The molecule has 2 N–H and O–H groups in total. The first kappa shape index (κ1) is 17.2. The Morgan fingerprint density at radius 3 is 2.00 bits per heavy atom. The molecule has 0 heterocycles. The fourth-order valence-electron chi connectivity index (χ4n) is 1.65. The van der Waals surface area contributed by atoms with Crippen molar-refractivity contribution >= 4 is 12.6 Å². The average molecular weight is 278 g/mol. The summed E-state index contributed by atoms with van der Waals surface area (Å²) >= 11 is 0. The predicted molar refractivity (Wildman–Crippen MR) is 84.2 cm³/mol. The van der Waals surface area contributed by atoms with Crippen molar-refractivity contribution in [3.8, 4) is 0 Å². The zero-order valence-corrected chi connectivity index (χ0v) is 13.7. The van der Waals surface area contributed by atoms with E-state index in [1.54, 1.807) is 27.7 Å². The molecular weight excluding hydrogens is 251 g/mol. The third kappa shape index (κ3) is 4.08. The molecule has 0 spiro atoms. The van der Waals surface area contributed by atoms with Crippen LogP contribution in [-0.2, 0) is 10.1 Å². The lowest BCUT2D eigenvalue weighted by Crippen LogP contribution is -2.53. The van der Waals surface area contributed by atoms with Gasteiger partial charge in [-0.3, -0.25) is 0 Å². The van der Waals surface area contributed by atoms with Crippen molar-refractivity contribution in [2.45, 2.75) is 65.1 Å².